The number of fused-ring (bicyclic) bond motifs is 1. The zero-order valence-corrected chi connectivity index (χ0v) is 8.42. The van der Waals surface area contributed by atoms with Crippen molar-refractivity contribution in [2.45, 2.75) is 13.0 Å². The first-order valence-electron chi connectivity index (χ1n) is 4.67. The fourth-order valence-electron chi connectivity index (χ4n) is 1.63. The molecule has 0 aliphatic carbocycles. The maximum absolute atomic E-state index is 5.03. The van der Waals surface area contributed by atoms with Crippen molar-refractivity contribution >= 4 is 5.82 Å². The van der Waals surface area contributed by atoms with Crippen LogP contribution < -0.4 is 15.4 Å². The number of methoxy groups -OCH3 is 1. The second-order valence-corrected chi connectivity index (χ2v) is 3.16. The number of aromatic nitrogens is 2. The van der Waals surface area contributed by atoms with Crippen LogP contribution in [0.2, 0.25) is 0 Å². The van der Waals surface area contributed by atoms with Crippen molar-refractivity contribution < 1.29 is 4.74 Å². The number of ether oxygens (including phenoxy) is 1. The van der Waals surface area contributed by atoms with E-state index < -0.39 is 0 Å². The van der Waals surface area contributed by atoms with E-state index in [1.807, 2.05) is 7.05 Å². The van der Waals surface area contributed by atoms with Crippen molar-refractivity contribution in [2.75, 3.05) is 26.0 Å². The van der Waals surface area contributed by atoms with Gasteiger partial charge in [-0.25, -0.2) is 0 Å². The summed E-state index contributed by atoms with van der Waals surface area (Å²) in [6.45, 7) is 1.78. The summed E-state index contributed by atoms with van der Waals surface area (Å²) >= 11 is 0. The molecular weight excluding hydrogens is 180 g/mol. The van der Waals surface area contributed by atoms with E-state index in [-0.39, 0.29) is 0 Å². The highest BCUT2D eigenvalue weighted by molar-refractivity contribution is 5.48. The van der Waals surface area contributed by atoms with Gasteiger partial charge in [0.15, 0.2) is 0 Å². The van der Waals surface area contributed by atoms with Gasteiger partial charge in [-0.1, -0.05) is 0 Å². The van der Waals surface area contributed by atoms with Gasteiger partial charge in [0.1, 0.15) is 5.82 Å². The highest BCUT2D eigenvalue weighted by Crippen LogP contribution is 2.21. The molecule has 0 bridgehead atoms. The van der Waals surface area contributed by atoms with E-state index in [9.17, 15) is 0 Å². The lowest BCUT2D eigenvalue weighted by atomic mass is 10.1. The van der Waals surface area contributed by atoms with Crippen molar-refractivity contribution in [3.63, 3.8) is 0 Å². The van der Waals surface area contributed by atoms with Crippen molar-refractivity contribution in [3.05, 3.63) is 11.3 Å². The summed E-state index contributed by atoms with van der Waals surface area (Å²) in [6, 6.07) is 0.428. The Hall–Kier alpha value is -1.36. The van der Waals surface area contributed by atoms with Gasteiger partial charge in [0.05, 0.1) is 12.8 Å². The van der Waals surface area contributed by atoms with E-state index in [0.717, 1.165) is 31.0 Å². The molecule has 14 heavy (non-hydrogen) atoms. The molecule has 0 radical (unpaired) electrons. The Morgan fingerprint density at radius 2 is 2.29 bits per heavy atom. The van der Waals surface area contributed by atoms with Gasteiger partial charge in [-0.2, -0.15) is 9.97 Å². The first-order valence-corrected chi connectivity index (χ1v) is 4.67. The Morgan fingerprint density at radius 3 is 3.00 bits per heavy atom. The quantitative estimate of drug-likeness (QED) is 0.703. The molecule has 0 atom stereocenters. The summed E-state index contributed by atoms with van der Waals surface area (Å²) in [5.41, 5.74) is 2.24. The lowest BCUT2D eigenvalue weighted by molar-refractivity contribution is 0.376. The standard InChI is InChI=1S/C9H14N4O/c1-10-8-6-3-4-11-5-7(6)12-9(13-8)14-2/h11H,3-5H2,1-2H3,(H,10,12,13). The SMILES string of the molecule is CNc1nc(OC)nc2c1CCNC2. The average molecular weight is 194 g/mol. The smallest absolute Gasteiger partial charge is 0.318 e. The lowest BCUT2D eigenvalue weighted by Crippen LogP contribution is -2.26. The molecule has 76 valence electrons. The monoisotopic (exact) mass is 194 g/mol. The van der Waals surface area contributed by atoms with E-state index in [4.69, 9.17) is 4.74 Å². The van der Waals surface area contributed by atoms with E-state index in [2.05, 4.69) is 20.6 Å². The molecule has 0 spiro atoms. The Kier molecular flexibility index (Phi) is 2.49. The number of anilines is 1. The molecule has 0 saturated carbocycles. The van der Waals surface area contributed by atoms with Gasteiger partial charge < -0.3 is 15.4 Å². The van der Waals surface area contributed by atoms with Crippen LogP contribution in [0.1, 0.15) is 11.3 Å². The molecule has 0 saturated heterocycles. The third-order valence-electron chi connectivity index (χ3n) is 2.34. The molecule has 1 aliphatic heterocycles. The molecule has 5 nitrogen and oxygen atoms in total. The van der Waals surface area contributed by atoms with Gasteiger partial charge in [-0.3, -0.25) is 0 Å². The highest BCUT2D eigenvalue weighted by Gasteiger charge is 2.16. The first kappa shape index (κ1) is 9.21. The van der Waals surface area contributed by atoms with E-state index in [1.165, 1.54) is 5.56 Å². The molecule has 1 aliphatic rings. The fraction of sp³-hybridized carbons (Fsp3) is 0.556. The van der Waals surface area contributed by atoms with Crippen LogP contribution in [0, 0.1) is 0 Å². The topological polar surface area (TPSA) is 59.1 Å². The number of hydrogen-bond acceptors (Lipinski definition) is 5. The maximum Gasteiger partial charge on any atom is 0.318 e. The summed E-state index contributed by atoms with van der Waals surface area (Å²) in [6.07, 6.45) is 0.968. The third-order valence-corrected chi connectivity index (χ3v) is 2.34. The van der Waals surface area contributed by atoms with Crippen molar-refractivity contribution in [2.24, 2.45) is 0 Å². The van der Waals surface area contributed by atoms with Crippen LogP contribution >= 0.6 is 0 Å². The Balaban J connectivity index is 2.47. The molecule has 5 heteroatoms. The molecule has 2 rings (SSSR count). The van der Waals surface area contributed by atoms with E-state index >= 15 is 0 Å². The molecular formula is C9H14N4O. The third kappa shape index (κ3) is 1.50. The summed E-state index contributed by atoms with van der Waals surface area (Å²) < 4.78 is 5.03. The van der Waals surface area contributed by atoms with E-state index in [0.29, 0.717) is 6.01 Å². The van der Waals surface area contributed by atoms with Gasteiger partial charge in [0.25, 0.3) is 0 Å². The Labute approximate surface area is 82.9 Å². The summed E-state index contributed by atoms with van der Waals surface area (Å²) in [4.78, 5) is 8.56. The second-order valence-electron chi connectivity index (χ2n) is 3.16. The fourth-order valence-corrected chi connectivity index (χ4v) is 1.63. The Bertz CT molecular complexity index is 323. The highest BCUT2D eigenvalue weighted by atomic mass is 16.5. The predicted octanol–water partition coefficient (Wildman–Crippen LogP) is 0.173. The van der Waals surface area contributed by atoms with Crippen molar-refractivity contribution in [3.8, 4) is 6.01 Å². The maximum atomic E-state index is 5.03. The molecule has 1 aromatic heterocycles. The number of nitrogens with one attached hydrogen (secondary N) is 2. The van der Waals surface area contributed by atoms with Gasteiger partial charge in [0.2, 0.25) is 0 Å². The summed E-state index contributed by atoms with van der Waals surface area (Å²) in [5.74, 6) is 0.883. The molecule has 2 N–H and O–H groups in total. The number of hydrogen-bond donors (Lipinski definition) is 2. The van der Waals surface area contributed by atoms with Crippen molar-refractivity contribution in [1.29, 1.82) is 0 Å². The minimum Gasteiger partial charge on any atom is -0.467 e. The zero-order valence-electron chi connectivity index (χ0n) is 8.42. The molecule has 0 amide bonds. The summed E-state index contributed by atoms with van der Waals surface area (Å²) in [7, 11) is 3.45. The van der Waals surface area contributed by atoms with Crippen LogP contribution in [0.15, 0.2) is 0 Å². The van der Waals surface area contributed by atoms with Crippen LogP contribution in [0.4, 0.5) is 5.82 Å². The lowest BCUT2D eigenvalue weighted by Gasteiger charge is -2.18. The van der Waals surface area contributed by atoms with E-state index in [1.54, 1.807) is 7.11 Å². The zero-order chi connectivity index (χ0) is 9.97. The van der Waals surface area contributed by atoms with Crippen molar-refractivity contribution in [1.82, 2.24) is 15.3 Å². The number of nitrogens with zero attached hydrogens (tertiary/aromatic N) is 2. The van der Waals surface area contributed by atoms with Crippen LogP contribution in [0.25, 0.3) is 0 Å². The largest absolute Gasteiger partial charge is 0.467 e. The minimum absolute atomic E-state index is 0.428. The van der Waals surface area contributed by atoms with Crippen LogP contribution in [-0.4, -0.2) is 30.7 Å². The van der Waals surface area contributed by atoms with Gasteiger partial charge in [-0.05, 0) is 13.0 Å². The average Bonchev–Trinajstić information content (AvgIpc) is 2.27. The molecule has 0 unspecified atom stereocenters. The predicted molar refractivity (Wildman–Crippen MR) is 53.5 cm³/mol. The number of rotatable bonds is 2. The van der Waals surface area contributed by atoms with Gasteiger partial charge in [0, 0.05) is 19.2 Å². The minimum atomic E-state index is 0.428. The normalized spacial score (nSPS) is 14.7. The van der Waals surface area contributed by atoms with Crippen LogP contribution in [0.5, 0.6) is 6.01 Å². The van der Waals surface area contributed by atoms with Crippen LogP contribution in [0.3, 0.4) is 0 Å². The van der Waals surface area contributed by atoms with Gasteiger partial charge in [-0.15, -0.1) is 0 Å². The van der Waals surface area contributed by atoms with Crippen LogP contribution in [-0.2, 0) is 13.0 Å². The second kappa shape index (κ2) is 3.79. The molecule has 2 heterocycles. The first-order chi connectivity index (χ1) is 6.85. The molecule has 0 fully saturated rings. The Morgan fingerprint density at radius 1 is 1.43 bits per heavy atom. The van der Waals surface area contributed by atoms with Gasteiger partial charge >= 0.3 is 6.01 Å². The molecule has 1 aromatic rings. The molecule has 0 aromatic carbocycles. The summed E-state index contributed by atoms with van der Waals surface area (Å²) in [5, 5.41) is 6.34.